The van der Waals surface area contributed by atoms with Gasteiger partial charge in [-0.3, -0.25) is 14.9 Å². The normalized spacial score (nSPS) is 17.3. The van der Waals surface area contributed by atoms with E-state index in [9.17, 15) is 22.8 Å². The molecule has 1 fully saturated rings. The van der Waals surface area contributed by atoms with Crippen LogP contribution in [0, 0.1) is 5.92 Å². The topological polar surface area (TPSA) is 103 Å². The first-order valence-corrected chi connectivity index (χ1v) is 13.1. The number of halogens is 3. The van der Waals surface area contributed by atoms with Crippen molar-refractivity contribution in [2.45, 2.75) is 19.0 Å². The molecule has 4 aromatic rings. The van der Waals surface area contributed by atoms with Gasteiger partial charge in [0.15, 0.2) is 0 Å². The van der Waals surface area contributed by atoms with Gasteiger partial charge >= 0.3 is 6.18 Å². The quantitative estimate of drug-likeness (QED) is 0.318. The van der Waals surface area contributed by atoms with Crippen LogP contribution in [-0.2, 0) is 9.59 Å². The fourth-order valence-corrected chi connectivity index (χ4v) is 6.00. The number of aromatic amines is 1. The van der Waals surface area contributed by atoms with Crippen LogP contribution in [0.25, 0.3) is 32.3 Å². The lowest BCUT2D eigenvalue weighted by Crippen LogP contribution is -2.40. The summed E-state index contributed by atoms with van der Waals surface area (Å²) < 4.78 is 38.3. The lowest BCUT2D eigenvalue weighted by Gasteiger charge is -2.32. The summed E-state index contributed by atoms with van der Waals surface area (Å²) in [5.74, 6) is -0.450. The number of hydrogen-bond donors (Lipinski definition) is 3. The molecule has 1 aromatic carbocycles. The number of piperidine rings is 1. The number of thiophene rings is 1. The van der Waals surface area contributed by atoms with Crippen LogP contribution in [-0.4, -0.2) is 59.1 Å². The molecule has 196 valence electrons. The van der Waals surface area contributed by atoms with Gasteiger partial charge in [0, 0.05) is 30.2 Å². The number of nitrogens with zero attached hydrogens (tertiary/aromatic N) is 3. The monoisotopic (exact) mass is 540 g/mol. The van der Waals surface area contributed by atoms with Crippen LogP contribution >= 0.6 is 11.3 Å². The fraction of sp³-hybridized carbons (Fsp3) is 0.308. The summed E-state index contributed by atoms with van der Waals surface area (Å²) in [6.07, 6.45) is -1.13. The molecule has 2 amide bonds. The molecule has 0 aliphatic carbocycles. The van der Waals surface area contributed by atoms with E-state index in [0.717, 1.165) is 10.2 Å². The van der Waals surface area contributed by atoms with Crippen LogP contribution in [0.4, 0.5) is 19.1 Å². The van der Waals surface area contributed by atoms with Gasteiger partial charge in [-0.1, -0.05) is 18.2 Å². The minimum Gasteiger partial charge on any atom is -0.360 e. The van der Waals surface area contributed by atoms with Crippen LogP contribution in [0.15, 0.2) is 41.9 Å². The second kappa shape index (κ2) is 9.52. The van der Waals surface area contributed by atoms with E-state index in [1.54, 1.807) is 6.20 Å². The average Bonchev–Trinajstić information content (AvgIpc) is 3.58. The zero-order valence-electron chi connectivity index (χ0n) is 20.1. The lowest BCUT2D eigenvalue weighted by atomic mass is 9.96. The van der Waals surface area contributed by atoms with Crippen molar-refractivity contribution in [3.63, 3.8) is 0 Å². The minimum atomic E-state index is -4.23. The molecular formula is C26H23F3N6O2S. The van der Waals surface area contributed by atoms with Gasteiger partial charge in [0.1, 0.15) is 0 Å². The molecule has 0 bridgehead atoms. The number of amides is 2. The minimum absolute atomic E-state index is 0.114. The standard InChI is InChI=1S/C26H23F3N6O2S/c27-26(28,29)13-30-11-14-5-8-35(9-6-14)25-32-17-4-2-1-3-15(17)21(33-25)20-19(23(36)34-24(20)37)16-12-31-18-7-10-38-22(16)18/h1-4,7,10,12,14,30-31H,5-6,8-9,11,13H2,(H,34,36,37). The van der Waals surface area contributed by atoms with Gasteiger partial charge in [-0.05, 0) is 42.8 Å². The SMILES string of the molecule is O=C1NC(=O)C(c2c[nH]c3ccsc23)=C1c1nc(N2CCC(CNCC(F)(F)F)CC2)nc2ccccc12. The summed E-state index contributed by atoms with van der Waals surface area (Å²) in [5, 5.41) is 7.50. The predicted octanol–water partition coefficient (Wildman–Crippen LogP) is 4.11. The number of imide groups is 1. The number of hydrogen-bond acceptors (Lipinski definition) is 7. The second-order valence-electron chi connectivity index (χ2n) is 9.46. The third-order valence-corrected chi connectivity index (χ3v) is 7.91. The number of nitrogens with one attached hydrogen (secondary N) is 3. The summed E-state index contributed by atoms with van der Waals surface area (Å²) in [4.78, 5) is 40.8. The molecule has 3 aromatic heterocycles. The van der Waals surface area contributed by atoms with E-state index in [2.05, 4.69) is 15.6 Å². The number of para-hydroxylation sites is 1. The van der Waals surface area contributed by atoms with E-state index in [4.69, 9.17) is 9.97 Å². The number of alkyl halides is 3. The smallest absolute Gasteiger partial charge is 0.360 e. The first-order valence-electron chi connectivity index (χ1n) is 12.2. The molecule has 2 aliphatic heterocycles. The Morgan fingerprint density at radius 1 is 1.05 bits per heavy atom. The summed E-state index contributed by atoms with van der Waals surface area (Å²) in [6.45, 7) is 0.437. The van der Waals surface area contributed by atoms with E-state index in [1.807, 2.05) is 40.6 Å². The zero-order chi connectivity index (χ0) is 26.4. The van der Waals surface area contributed by atoms with Gasteiger partial charge < -0.3 is 15.2 Å². The third-order valence-electron chi connectivity index (χ3n) is 6.97. The maximum absolute atomic E-state index is 13.2. The van der Waals surface area contributed by atoms with Gasteiger partial charge in [-0.15, -0.1) is 11.3 Å². The van der Waals surface area contributed by atoms with Crippen molar-refractivity contribution in [1.29, 1.82) is 0 Å². The maximum Gasteiger partial charge on any atom is 0.401 e. The average molecular weight is 541 g/mol. The lowest BCUT2D eigenvalue weighted by molar-refractivity contribution is -0.125. The Labute approximate surface area is 218 Å². The van der Waals surface area contributed by atoms with Crippen LogP contribution in [0.1, 0.15) is 24.1 Å². The van der Waals surface area contributed by atoms with Crippen LogP contribution in [0.3, 0.4) is 0 Å². The van der Waals surface area contributed by atoms with Crippen LogP contribution < -0.4 is 15.5 Å². The van der Waals surface area contributed by atoms with Crippen molar-refractivity contribution in [1.82, 2.24) is 25.6 Å². The van der Waals surface area contributed by atoms with Crippen LogP contribution in [0.2, 0.25) is 0 Å². The number of carbonyl (C=O) groups excluding carboxylic acids is 2. The number of rotatable bonds is 6. The highest BCUT2D eigenvalue weighted by atomic mass is 32.1. The molecule has 8 nitrogen and oxygen atoms in total. The molecule has 0 spiro atoms. The summed E-state index contributed by atoms with van der Waals surface area (Å²) in [5.41, 5.74) is 3.01. The Kier molecular flexibility index (Phi) is 6.15. The van der Waals surface area contributed by atoms with Crippen molar-refractivity contribution in [3.8, 4) is 0 Å². The third kappa shape index (κ3) is 4.54. The van der Waals surface area contributed by atoms with Gasteiger partial charge in [0.25, 0.3) is 11.8 Å². The van der Waals surface area contributed by atoms with Crippen molar-refractivity contribution < 1.29 is 22.8 Å². The summed E-state index contributed by atoms with van der Waals surface area (Å²) in [7, 11) is 0. The highest BCUT2D eigenvalue weighted by molar-refractivity contribution is 7.17. The number of anilines is 1. The molecule has 0 radical (unpaired) electrons. The zero-order valence-corrected chi connectivity index (χ0v) is 20.9. The molecular weight excluding hydrogens is 517 g/mol. The predicted molar refractivity (Wildman–Crippen MR) is 140 cm³/mol. The van der Waals surface area contributed by atoms with Crippen molar-refractivity contribution in [3.05, 3.63) is 53.2 Å². The molecule has 3 N–H and O–H groups in total. The molecule has 2 aliphatic rings. The van der Waals surface area contributed by atoms with E-state index >= 15 is 0 Å². The molecule has 1 saturated heterocycles. The second-order valence-corrected chi connectivity index (χ2v) is 10.4. The molecule has 0 atom stereocenters. The molecule has 6 rings (SSSR count). The number of H-pyrrole nitrogens is 1. The summed E-state index contributed by atoms with van der Waals surface area (Å²) in [6, 6.07) is 9.25. The largest absolute Gasteiger partial charge is 0.401 e. The number of benzene rings is 1. The molecule has 38 heavy (non-hydrogen) atoms. The Morgan fingerprint density at radius 3 is 2.61 bits per heavy atom. The first-order chi connectivity index (χ1) is 18.3. The van der Waals surface area contributed by atoms with Crippen molar-refractivity contribution >= 4 is 61.4 Å². The molecule has 5 heterocycles. The van der Waals surface area contributed by atoms with Gasteiger partial charge in [0.2, 0.25) is 5.95 Å². The van der Waals surface area contributed by atoms with E-state index in [0.29, 0.717) is 60.6 Å². The maximum atomic E-state index is 13.2. The molecule has 0 unspecified atom stereocenters. The highest BCUT2D eigenvalue weighted by Gasteiger charge is 2.36. The van der Waals surface area contributed by atoms with Gasteiger partial charge in [0.05, 0.1) is 39.1 Å². The molecule has 0 saturated carbocycles. The fourth-order valence-electron chi connectivity index (χ4n) is 5.12. The van der Waals surface area contributed by atoms with E-state index < -0.39 is 24.5 Å². The van der Waals surface area contributed by atoms with Crippen LogP contribution in [0.5, 0.6) is 0 Å². The first kappa shape index (κ1) is 24.6. The Hall–Kier alpha value is -3.77. The van der Waals surface area contributed by atoms with E-state index in [-0.39, 0.29) is 17.1 Å². The number of fused-ring (bicyclic) bond motifs is 2. The Morgan fingerprint density at radius 2 is 1.82 bits per heavy atom. The van der Waals surface area contributed by atoms with Crippen molar-refractivity contribution in [2.75, 3.05) is 31.1 Å². The summed E-state index contributed by atoms with van der Waals surface area (Å²) >= 11 is 1.48. The number of carbonyl (C=O) groups is 2. The van der Waals surface area contributed by atoms with Gasteiger partial charge in [-0.25, -0.2) is 9.97 Å². The highest BCUT2D eigenvalue weighted by Crippen LogP contribution is 2.38. The van der Waals surface area contributed by atoms with E-state index in [1.165, 1.54) is 11.3 Å². The Balaban J connectivity index is 1.36. The number of aromatic nitrogens is 3. The Bertz CT molecular complexity index is 1580. The van der Waals surface area contributed by atoms with Gasteiger partial charge in [-0.2, -0.15) is 13.2 Å². The van der Waals surface area contributed by atoms with Crippen molar-refractivity contribution in [2.24, 2.45) is 5.92 Å². The molecule has 12 heteroatoms.